The number of pyridine rings is 1. The molecule has 2 aromatic rings. The zero-order valence-corrected chi connectivity index (χ0v) is 11.3. The Morgan fingerprint density at radius 3 is 2.90 bits per heavy atom. The molecular weight excluding hydrogens is 266 g/mol. The zero-order chi connectivity index (χ0) is 14.4. The van der Waals surface area contributed by atoms with Gasteiger partial charge in [-0.1, -0.05) is 6.07 Å². The molecular formula is C16H13N3O2. The van der Waals surface area contributed by atoms with Crippen LogP contribution in [0.4, 0.5) is 5.82 Å². The molecule has 2 aliphatic rings. The summed E-state index contributed by atoms with van der Waals surface area (Å²) in [5, 5.41) is 9.46. The van der Waals surface area contributed by atoms with Crippen molar-refractivity contribution in [2.24, 2.45) is 0 Å². The zero-order valence-electron chi connectivity index (χ0n) is 11.3. The van der Waals surface area contributed by atoms with Gasteiger partial charge in [-0.3, -0.25) is 0 Å². The highest BCUT2D eigenvalue weighted by molar-refractivity contribution is 5.81. The van der Waals surface area contributed by atoms with Crippen LogP contribution in [0.1, 0.15) is 23.2 Å². The van der Waals surface area contributed by atoms with Crippen LogP contribution >= 0.6 is 0 Å². The molecule has 0 fully saturated rings. The number of aryl methyl sites for hydroxylation is 1. The monoisotopic (exact) mass is 279 g/mol. The Bertz CT molecular complexity index is 792. The Morgan fingerprint density at radius 1 is 1.19 bits per heavy atom. The van der Waals surface area contributed by atoms with Crippen molar-refractivity contribution in [3.05, 3.63) is 35.0 Å². The number of nitrogen functional groups attached to an aromatic ring is 1. The predicted molar refractivity (Wildman–Crippen MR) is 76.9 cm³/mol. The summed E-state index contributed by atoms with van der Waals surface area (Å²) < 4.78 is 10.8. The van der Waals surface area contributed by atoms with Crippen LogP contribution in [-0.4, -0.2) is 11.8 Å². The summed E-state index contributed by atoms with van der Waals surface area (Å²) >= 11 is 0. The minimum atomic E-state index is 0.237. The molecule has 1 aromatic carbocycles. The number of anilines is 1. The fourth-order valence-electron chi connectivity index (χ4n) is 3.08. The third-order valence-electron chi connectivity index (χ3n) is 4.03. The number of fused-ring (bicyclic) bond motifs is 2. The minimum absolute atomic E-state index is 0.237. The van der Waals surface area contributed by atoms with Crippen LogP contribution in [0.15, 0.2) is 18.2 Å². The Kier molecular flexibility index (Phi) is 2.51. The molecule has 21 heavy (non-hydrogen) atoms. The van der Waals surface area contributed by atoms with E-state index in [1.54, 1.807) is 0 Å². The Morgan fingerprint density at radius 2 is 2.05 bits per heavy atom. The van der Waals surface area contributed by atoms with Crippen LogP contribution in [0.5, 0.6) is 11.5 Å². The Labute approximate surface area is 121 Å². The lowest BCUT2D eigenvalue weighted by atomic mass is 9.94. The molecule has 104 valence electrons. The average Bonchev–Trinajstić information content (AvgIpc) is 3.13. The second-order valence-corrected chi connectivity index (χ2v) is 5.21. The predicted octanol–water partition coefficient (Wildman–Crippen LogP) is 2.42. The highest BCUT2D eigenvalue weighted by atomic mass is 16.7. The van der Waals surface area contributed by atoms with Gasteiger partial charge in [-0.2, -0.15) is 5.26 Å². The largest absolute Gasteiger partial charge is 0.454 e. The number of ether oxygens (including phenoxy) is 2. The van der Waals surface area contributed by atoms with Gasteiger partial charge in [0.05, 0.1) is 0 Å². The van der Waals surface area contributed by atoms with Crippen molar-refractivity contribution in [1.29, 1.82) is 5.26 Å². The van der Waals surface area contributed by atoms with Crippen LogP contribution in [-0.2, 0) is 12.8 Å². The van der Waals surface area contributed by atoms with Crippen molar-refractivity contribution < 1.29 is 9.47 Å². The molecule has 0 amide bonds. The topological polar surface area (TPSA) is 81.2 Å². The van der Waals surface area contributed by atoms with Gasteiger partial charge in [-0.25, -0.2) is 4.98 Å². The van der Waals surface area contributed by atoms with Gasteiger partial charge in [-0.05, 0) is 42.5 Å². The van der Waals surface area contributed by atoms with E-state index < -0.39 is 0 Å². The number of hydrogen-bond acceptors (Lipinski definition) is 5. The quantitative estimate of drug-likeness (QED) is 0.867. The van der Waals surface area contributed by atoms with Gasteiger partial charge >= 0.3 is 0 Å². The third-order valence-corrected chi connectivity index (χ3v) is 4.03. The van der Waals surface area contributed by atoms with E-state index >= 15 is 0 Å². The molecule has 0 atom stereocenters. The van der Waals surface area contributed by atoms with Crippen molar-refractivity contribution in [2.75, 3.05) is 12.5 Å². The van der Waals surface area contributed by atoms with E-state index in [2.05, 4.69) is 11.1 Å². The Balaban J connectivity index is 1.98. The van der Waals surface area contributed by atoms with Crippen LogP contribution in [0, 0.1) is 11.3 Å². The molecule has 5 nitrogen and oxygen atoms in total. The molecule has 1 aromatic heterocycles. The maximum Gasteiger partial charge on any atom is 0.231 e. The van der Waals surface area contributed by atoms with Gasteiger partial charge in [0, 0.05) is 11.3 Å². The molecule has 2 N–H and O–H groups in total. The molecule has 0 saturated carbocycles. The van der Waals surface area contributed by atoms with Gasteiger partial charge < -0.3 is 15.2 Å². The van der Waals surface area contributed by atoms with Crippen molar-refractivity contribution in [3.8, 4) is 28.7 Å². The number of hydrogen-bond donors (Lipinski definition) is 1. The van der Waals surface area contributed by atoms with Gasteiger partial charge in [0.15, 0.2) is 11.5 Å². The highest BCUT2D eigenvalue weighted by Crippen LogP contribution is 2.41. The summed E-state index contributed by atoms with van der Waals surface area (Å²) in [6, 6.07) is 7.93. The van der Waals surface area contributed by atoms with Crippen molar-refractivity contribution in [1.82, 2.24) is 4.98 Å². The smallest absolute Gasteiger partial charge is 0.231 e. The molecule has 0 radical (unpaired) electrons. The summed E-state index contributed by atoms with van der Waals surface area (Å²) in [6.07, 6.45) is 2.90. The first-order valence-electron chi connectivity index (χ1n) is 6.89. The molecule has 0 bridgehead atoms. The number of benzene rings is 1. The summed E-state index contributed by atoms with van der Waals surface area (Å²) in [6.45, 7) is 0.237. The molecule has 1 aliphatic carbocycles. The van der Waals surface area contributed by atoms with E-state index in [9.17, 15) is 5.26 Å². The fourth-order valence-corrected chi connectivity index (χ4v) is 3.08. The second kappa shape index (κ2) is 4.38. The van der Waals surface area contributed by atoms with Crippen LogP contribution in [0.25, 0.3) is 11.1 Å². The van der Waals surface area contributed by atoms with Gasteiger partial charge in [-0.15, -0.1) is 0 Å². The third kappa shape index (κ3) is 1.73. The summed E-state index contributed by atoms with van der Waals surface area (Å²) in [7, 11) is 0. The van der Waals surface area contributed by atoms with Crippen molar-refractivity contribution in [3.63, 3.8) is 0 Å². The van der Waals surface area contributed by atoms with Crippen molar-refractivity contribution in [2.45, 2.75) is 19.3 Å². The summed E-state index contributed by atoms with van der Waals surface area (Å²) in [5.74, 6) is 1.75. The van der Waals surface area contributed by atoms with Gasteiger partial charge in [0.2, 0.25) is 6.79 Å². The number of nitrogens with two attached hydrogens (primary N) is 1. The first-order chi connectivity index (χ1) is 10.3. The number of aromatic nitrogens is 1. The molecule has 0 unspecified atom stereocenters. The minimum Gasteiger partial charge on any atom is -0.454 e. The summed E-state index contributed by atoms with van der Waals surface area (Å²) in [5.41, 5.74) is 10.4. The molecule has 5 heteroatoms. The molecule has 0 spiro atoms. The van der Waals surface area contributed by atoms with E-state index in [0.717, 1.165) is 47.4 Å². The molecule has 0 saturated heterocycles. The lowest BCUT2D eigenvalue weighted by Crippen LogP contribution is -2.03. The van der Waals surface area contributed by atoms with Crippen LogP contribution < -0.4 is 15.2 Å². The molecule has 1 aliphatic heterocycles. The summed E-state index contributed by atoms with van der Waals surface area (Å²) in [4.78, 5) is 4.38. The number of rotatable bonds is 1. The Hall–Kier alpha value is -2.74. The van der Waals surface area contributed by atoms with E-state index in [-0.39, 0.29) is 6.79 Å². The van der Waals surface area contributed by atoms with E-state index in [4.69, 9.17) is 15.2 Å². The van der Waals surface area contributed by atoms with Crippen LogP contribution in [0.2, 0.25) is 0 Å². The first kappa shape index (κ1) is 12.0. The lowest BCUT2D eigenvalue weighted by molar-refractivity contribution is 0.174. The number of nitrogens with zero attached hydrogens (tertiary/aromatic N) is 2. The van der Waals surface area contributed by atoms with Gasteiger partial charge in [0.25, 0.3) is 0 Å². The number of nitriles is 1. The SMILES string of the molecule is N#Cc1c(N)nc2c(c1-c1ccc3c(c1)OCO3)CCC2. The van der Waals surface area contributed by atoms with Crippen LogP contribution in [0.3, 0.4) is 0 Å². The average molecular weight is 279 g/mol. The standard InChI is InChI=1S/C16H13N3O2/c17-7-11-15(10-2-1-3-12(10)19-16(11)18)9-4-5-13-14(6-9)21-8-20-13/h4-6H,1-3,8H2,(H2,18,19). The molecule has 4 rings (SSSR count). The van der Waals surface area contributed by atoms with E-state index in [1.807, 2.05) is 18.2 Å². The highest BCUT2D eigenvalue weighted by Gasteiger charge is 2.24. The normalized spacial score (nSPS) is 14.8. The fraction of sp³-hybridized carbons (Fsp3) is 0.250. The van der Waals surface area contributed by atoms with Crippen molar-refractivity contribution >= 4 is 5.82 Å². The van der Waals surface area contributed by atoms with Gasteiger partial charge in [0.1, 0.15) is 17.5 Å². The maximum absolute atomic E-state index is 9.46. The van der Waals surface area contributed by atoms with E-state index in [0.29, 0.717) is 17.1 Å². The lowest BCUT2D eigenvalue weighted by Gasteiger charge is -2.13. The maximum atomic E-state index is 9.46. The second-order valence-electron chi connectivity index (χ2n) is 5.21. The first-order valence-corrected chi connectivity index (χ1v) is 6.89. The van der Waals surface area contributed by atoms with E-state index in [1.165, 1.54) is 0 Å². The molecule has 2 heterocycles.